The van der Waals surface area contributed by atoms with Crippen molar-refractivity contribution >= 4 is 46.5 Å². The van der Waals surface area contributed by atoms with Gasteiger partial charge in [0.05, 0.1) is 13.2 Å². The molecule has 7 nitrogen and oxygen atoms in total. The van der Waals surface area contributed by atoms with E-state index in [2.05, 4.69) is 52.5 Å². The standard InChI is InChI=1S/C28H39ClN6OS/c1-20-14-21(2)18-35(17-20)25-16-24(34-10-12-36-13-11-34)31-26(32-25)33-27(37)30-19-28(8-3-4-9-28)22-6-5-7-23(29)15-22/h5-7,15-16,20-21H,3-4,8-14,17-19H2,1-2H3,(H2,30,31,32,33,37). The van der Waals surface area contributed by atoms with Crippen LogP contribution in [0.15, 0.2) is 30.3 Å². The van der Waals surface area contributed by atoms with Crippen LogP contribution in [-0.4, -0.2) is 61.0 Å². The highest BCUT2D eigenvalue weighted by Crippen LogP contribution is 2.41. The molecule has 5 rings (SSSR count). The van der Waals surface area contributed by atoms with Gasteiger partial charge in [-0.05, 0) is 61.0 Å². The van der Waals surface area contributed by atoms with Crippen LogP contribution in [-0.2, 0) is 10.2 Å². The van der Waals surface area contributed by atoms with Crippen LogP contribution >= 0.6 is 23.8 Å². The van der Waals surface area contributed by atoms with E-state index in [1.165, 1.54) is 24.8 Å². The molecular weight excluding hydrogens is 504 g/mol. The van der Waals surface area contributed by atoms with Crippen molar-refractivity contribution in [2.75, 3.05) is 61.1 Å². The molecule has 3 aliphatic rings. The summed E-state index contributed by atoms with van der Waals surface area (Å²) < 4.78 is 5.57. The number of piperidine rings is 1. The van der Waals surface area contributed by atoms with E-state index in [1.54, 1.807) is 0 Å². The maximum atomic E-state index is 6.34. The largest absolute Gasteiger partial charge is 0.378 e. The Morgan fingerprint density at radius 1 is 1.05 bits per heavy atom. The third kappa shape index (κ3) is 6.47. The van der Waals surface area contributed by atoms with Gasteiger partial charge in [-0.1, -0.05) is 50.4 Å². The molecule has 3 heterocycles. The van der Waals surface area contributed by atoms with Gasteiger partial charge in [0.2, 0.25) is 5.95 Å². The topological polar surface area (TPSA) is 65.6 Å². The van der Waals surface area contributed by atoms with Crippen molar-refractivity contribution < 1.29 is 4.74 Å². The number of rotatable bonds is 6. The fourth-order valence-electron chi connectivity index (χ4n) is 6.28. The van der Waals surface area contributed by atoms with Gasteiger partial charge in [-0.15, -0.1) is 0 Å². The molecule has 1 aromatic carbocycles. The molecule has 0 radical (unpaired) electrons. The van der Waals surface area contributed by atoms with Crippen LogP contribution in [0.4, 0.5) is 17.6 Å². The fraction of sp³-hybridized carbons (Fsp3) is 0.607. The molecule has 2 aromatic rings. The van der Waals surface area contributed by atoms with Gasteiger partial charge in [-0.2, -0.15) is 9.97 Å². The van der Waals surface area contributed by atoms with E-state index >= 15 is 0 Å². The molecule has 0 amide bonds. The van der Waals surface area contributed by atoms with E-state index in [-0.39, 0.29) is 5.41 Å². The highest BCUT2D eigenvalue weighted by Gasteiger charge is 2.36. The third-order valence-corrected chi connectivity index (χ3v) is 8.52. The number of nitrogens with one attached hydrogen (secondary N) is 2. The van der Waals surface area contributed by atoms with Crippen LogP contribution in [0.5, 0.6) is 0 Å². The summed E-state index contributed by atoms with van der Waals surface area (Å²) in [5, 5.41) is 8.15. The summed E-state index contributed by atoms with van der Waals surface area (Å²) in [5.41, 5.74) is 1.33. The van der Waals surface area contributed by atoms with Gasteiger partial charge in [0, 0.05) is 49.2 Å². The number of halogens is 1. The number of aromatic nitrogens is 2. The Morgan fingerprint density at radius 2 is 1.73 bits per heavy atom. The molecule has 9 heteroatoms. The molecule has 2 N–H and O–H groups in total. The summed E-state index contributed by atoms with van der Waals surface area (Å²) in [5.74, 6) is 3.71. The number of hydrogen-bond acceptors (Lipinski definition) is 6. The highest BCUT2D eigenvalue weighted by molar-refractivity contribution is 7.80. The van der Waals surface area contributed by atoms with E-state index in [0.717, 1.165) is 62.2 Å². The van der Waals surface area contributed by atoms with Gasteiger partial charge in [0.1, 0.15) is 11.6 Å². The van der Waals surface area contributed by atoms with Crippen molar-refractivity contribution in [1.82, 2.24) is 15.3 Å². The Morgan fingerprint density at radius 3 is 2.41 bits per heavy atom. The predicted molar refractivity (Wildman–Crippen MR) is 156 cm³/mol. The van der Waals surface area contributed by atoms with Gasteiger partial charge in [0.25, 0.3) is 0 Å². The Hall–Kier alpha value is -2.16. The first-order chi connectivity index (χ1) is 17.9. The zero-order valence-corrected chi connectivity index (χ0v) is 23.6. The number of benzene rings is 1. The molecule has 2 saturated heterocycles. The van der Waals surface area contributed by atoms with Gasteiger partial charge in [-0.25, -0.2) is 0 Å². The van der Waals surface area contributed by atoms with Crippen LogP contribution in [0.1, 0.15) is 51.5 Å². The molecule has 1 aromatic heterocycles. The molecule has 200 valence electrons. The fourth-order valence-corrected chi connectivity index (χ4v) is 6.63. The number of morpholine rings is 1. The van der Waals surface area contributed by atoms with Crippen molar-refractivity contribution in [3.05, 3.63) is 40.9 Å². The van der Waals surface area contributed by atoms with E-state index in [4.69, 9.17) is 38.5 Å². The summed E-state index contributed by atoms with van der Waals surface area (Å²) in [6, 6.07) is 10.4. The van der Waals surface area contributed by atoms with E-state index in [1.807, 2.05) is 12.1 Å². The first-order valence-electron chi connectivity index (χ1n) is 13.7. The van der Waals surface area contributed by atoms with Crippen molar-refractivity contribution in [2.45, 2.75) is 51.4 Å². The summed E-state index contributed by atoms with van der Waals surface area (Å²) in [6.45, 7) is 10.5. The molecule has 3 fully saturated rings. The van der Waals surface area contributed by atoms with E-state index < -0.39 is 0 Å². The molecule has 37 heavy (non-hydrogen) atoms. The average Bonchev–Trinajstić information content (AvgIpc) is 3.38. The van der Waals surface area contributed by atoms with Crippen LogP contribution < -0.4 is 20.4 Å². The second-order valence-electron chi connectivity index (χ2n) is 11.2. The number of ether oxygens (including phenoxy) is 1. The lowest BCUT2D eigenvalue weighted by Crippen LogP contribution is -2.42. The minimum atomic E-state index is 0.0401. The van der Waals surface area contributed by atoms with Gasteiger partial charge < -0.3 is 25.2 Å². The summed E-state index contributed by atoms with van der Waals surface area (Å²) >= 11 is 12.1. The monoisotopic (exact) mass is 542 g/mol. The number of anilines is 3. The quantitative estimate of drug-likeness (QED) is 0.480. The van der Waals surface area contributed by atoms with Crippen molar-refractivity contribution in [2.24, 2.45) is 11.8 Å². The van der Waals surface area contributed by atoms with Gasteiger partial charge in [0.15, 0.2) is 5.11 Å². The zero-order valence-electron chi connectivity index (χ0n) is 22.0. The number of nitrogens with zero attached hydrogens (tertiary/aromatic N) is 4. The summed E-state index contributed by atoms with van der Waals surface area (Å²) in [6.07, 6.45) is 5.94. The average molecular weight is 543 g/mol. The van der Waals surface area contributed by atoms with Crippen molar-refractivity contribution in [3.8, 4) is 0 Å². The molecule has 2 aliphatic heterocycles. The Kier molecular flexibility index (Phi) is 8.37. The third-order valence-electron chi connectivity index (χ3n) is 8.04. The van der Waals surface area contributed by atoms with E-state index in [9.17, 15) is 0 Å². The Balaban J connectivity index is 1.33. The second-order valence-corrected chi connectivity index (χ2v) is 12.0. The lowest BCUT2D eigenvalue weighted by molar-refractivity contribution is 0.122. The normalized spacial score (nSPS) is 23.6. The predicted octanol–water partition coefficient (Wildman–Crippen LogP) is 5.25. The zero-order chi connectivity index (χ0) is 25.8. The van der Waals surface area contributed by atoms with Crippen molar-refractivity contribution in [3.63, 3.8) is 0 Å². The molecule has 2 unspecified atom stereocenters. The molecule has 2 atom stereocenters. The highest BCUT2D eigenvalue weighted by atomic mass is 35.5. The maximum Gasteiger partial charge on any atom is 0.232 e. The van der Waals surface area contributed by atoms with Gasteiger partial charge in [-0.3, -0.25) is 0 Å². The van der Waals surface area contributed by atoms with E-state index in [0.29, 0.717) is 36.1 Å². The maximum absolute atomic E-state index is 6.34. The molecule has 0 bridgehead atoms. The minimum absolute atomic E-state index is 0.0401. The lowest BCUT2D eigenvalue weighted by Gasteiger charge is -2.36. The molecule has 0 spiro atoms. The molecule has 1 saturated carbocycles. The minimum Gasteiger partial charge on any atom is -0.378 e. The Labute approximate surface area is 231 Å². The van der Waals surface area contributed by atoms with Crippen LogP contribution in [0.3, 0.4) is 0 Å². The smallest absolute Gasteiger partial charge is 0.232 e. The lowest BCUT2D eigenvalue weighted by atomic mass is 9.79. The van der Waals surface area contributed by atoms with Crippen LogP contribution in [0, 0.1) is 11.8 Å². The van der Waals surface area contributed by atoms with Crippen molar-refractivity contribution in [1.29, 1.82) is 0 Å². The Bertz CT molecular complexity index is 1080. The molecule has 1 aliphatic carbocycles. The number of thiocarbonyl (C=S) groups is 1. The summed E-state index contributed by atoms with van der Waals surface area (Å²) in [7, 11) is 0. The van der Waals surface area contributed by atoms with Crippen LogP contribution in [0.2, 0.25) is 5.02 Å². The van der Waals surface area contributed by atoms with Crippen LogP contribution in [0.25, 0.3) is 0 Å². The molecular formula is C28H39ClN6OS. The second kappa shape index (κ2) is 11.7. The first kappa shape index (κ1) is 26.4. The van der Waals surface area contributed by atoms with Gasteiger partial charge >= 0.3 is 0 Å². The number of hydrogen-bond donors (Lipinski definition) is 2. The SMILES string of the molecule is CC1CC(C)CN(c2cc(N3CCOCC3)nc(NC(=S)NCC3(c4cccc(Cl)c4)CCCC3)n2)C1. The summed E-state index contributed by atoms with van der Waals surface area (Å²) in [4.78, 5) is 14.5. The first-order valence-corrected chi connectivity index (χ1v) is 14.5.